The van der Waals surface area contributed by atoms with Gasteiger partial charge >= 0.3 is 0 Å². The lowest BCUT2D eigenvalue weighted by molar-refractivity contribution is 0.273. The van der Waals surface area contributed by atoms with Gasteiger partial charge in [-0.3, -0.25) is 0 Å². The minimum atomic E-state index is -0.285. The second kappa shape index (κ2) is 7.20. The fourth-order valence-corrected chi connectivity index (χ4v) is 2.20. The monoisotopic (exact) mass is 307 g/mol. The van der Waals surface area contributed by atoms with E-state index in [0.717, 1.165) is 11.3 Å². The van der Waals surface area contributed by atoms with Gasteiger partial charge in [0.1, 0.15) is 11.5 Å². The third kappa shape index (κ3) is 3.80. The Labute approximate surface area is 129 Å². The van der Waals surface area contributed by atoms with Crippen LogP contribution in [0.1, 0.15) is 11.6 Å². The highest BCUT2D eigenvalue weighted by atomic mass is 35.5. The summed E-state index contributed by atoms with van der Waals surface area (Å²) in [5.41, 5.74) is 1.73. The van der Waals surface area contributed by atoms with Crippen LogP contribution in [0, 0.1) is 0 Å². The summed E-state index contributed by atoms with van der Waals surface area (Å²) >= 11 is 5.87. The van der Waals surface area contributed by atoms with E-state index in [4.69, 9.17) is 21.1 Å². The molecule has 0 bridgehead atoms. The molecular formula is C16H18ClNO3. The van der Waals surface area contributed by atoms with E-state index in [9.17, 15) is 5.11 Å². The van der Waals surface area contributed by atoms with Crippen LogP contribution in [0.25, 0.3) is 0 Å². The Morgan fingerprint density at radius 2 is 1.81 bits per heavy atom. The molecule has 0 heterocycles. The zero-order valence-electron chi connectivity index (χ0n) is 12.0. The topological polar surface area (TPSA) is 50.7 Å². The first-order valence-corrected chi connectivity index (χ1v) is 6.90. The van der Waals surface area contributed by atoms with Crippen molar-refractivity contribution in [2.24, 2.45) is 0 Å². The van der Waals surface area contributed by atoms with Crippen LogP contribution in [0.5, 0.6) is 11.5 Å². The SMILES string of the molecule is COc1ccc(C(CO)Nc2ccc(Cl)cc2)c(OC)c1. The highest BCUT2D eigenvalue weighted by Crippen LogP contribution is 2.31. The Morgan fingerprint density at radius 1 is 1.10 bits per heavy atom. The van der Waals surface area contributed by atoms with Crippen molar-refractivity contribution < 1.29 is 14.6 Å². The highest BCUT2D eigenvalue weighted by molar-refractivity contribution is 6.30. The van der Waals surface area contributed by atoms with Crippen LogP contribution in [-0.2, 0) is 0 Å². The number of halogens is 1. The molecule has 0 aromatic heterocycles. The molecule has 2 aromatic carbocycles. The van der Waals surface area contributed by atoms with Crippen molar-refractivity contribution in [2.45, 2.75) is 6.04 Å². The number of methoxy groups -OCH3 is 2. The first kappa shape index (κ1) is 15.5. The van der Waals surface area contributed by atoms with Gasteiger partial charge in [0.25, 0.3) is 0 Å². The molecule has 1 atom stereocenters. The molecule has 1 unspecified atom stereocenters. The van der Waals surface area contributed by atoms with Crippen molar-refractivity contribution in [1.29, 1.82) is 0 Å². The van der Waals surface area contributed by atoms with E-state index in [1.807, 2.05) is 24.3 Å². The van der Waals surface area contributed by atoms with Gasteiger partial charge in [0.05, 0.1) is 26.9 Å². The largest absolute Gasteiger partial charge is 0.497 e. The predicted molar refractivity (Wildman–Crippen MR) is 84.4 cm³/mol. The lowest BCUT2D eigenvalue weighted by Gasteiger charge is -2.21. The first-order valence-electron chi connectivity index (χ1n) is 6.52. The normalized spacial score (nSPS) is 11.8. The smallest absolute Gasteiger partial charge is 0.127 e. The summed E-state index contributed by atoms with van der Waals surface area (Å²) in [6.07, 6.45) is 0. The molecule has 0 aliphatic heterocycles. The average Bonchev–Trinajstić information content (AvgIpc) is 2.53. The fraction of sp³-hybridized carbons (Fsp3) is 0.250. The van der Waals surface area contributed by atoms with E-state index in [1.54, 1.807) is 32.4 Å². The molecule has 2 rings (SSSR count). The number of nitrogens with one attached hydrogen (secondary N) is 1. The van der Waals surface area contributed by atoms with Crippen molar-refractivity contribution in [1.82, 2.24) is 0 Å². The van der Waals surface area contributed by atoms with E-state index >= 15 is 0 Å². The minimum Gasteiger partial charge on any atom is -0.497 e. The van der Waals surface area contributed by atoms with Crippen LogP contribution >= 0.6 is 11.6 Å². The number of benzene rings is 2. The van der Waals surface area contributed by atoms with Crippen LogP contribution in [0.2, 0.25) is 5.02 Å². The number of ether oxygens (including phenoxy) is 2. The molecule has 0 radical (unpaired) electrons. The van der Waals surface area contributed by atoms with Gasteiger partial charge in [-0.2, -0.15) is 0 Å². The molecule has 0 spiro atoms. The molecule has 0 fully saturated rings. The summed E-state index contributed by atoms with van der Waals surface area (Å²) in [7, 11) is 3.19. The zero-order chi connectivity index (χ0) is 15.2. The summed E-state index contributed by atoms with van der Waals surface area (Å²) in [4.78, 5) is 0. The molecule has 0 aliphatic rings. The fourth-order valence-electron chi connectivity index (χ4n) is 2.08. The Balaban J connectivity index is 2.26. The Kier molecular flexibility index (Phi) is 5.31. The summed E-state index contributed by atoms with van der Waals surface area (Å²) in [5.74, 6) is 1.37. The second-order valence-corrected chi connectivity index (χ2v) is 4.93. The maximum atomic E-state index is 9.67. The van der Waals surface area contributed by atoms with Gasteiger partial charge in [-0.1, -0.05) is 11.6 Å². The molecule has 0 saturated heterocycles. The van der Waals surface area contributed by atoms with Crippen LogP contribution in [-0.4, -0.2) is 25.9 Å². The van der Waals surface area contributed by atoms with Crippen molar-refractivity contribution in [3.05, 3.63) is 53.1 Å². The van der Waals surface area contributed by atoms with E-state index in [-0.39, 0.29) is 12.6 Å². The standard InChI is InChI=1S/C16H18ClNO3/c1-20-13-7-8-14(16(9-13)21-2)15(10-19)18-12-5-3-11(17)4-6-12/h3-9,15,18-19H,10H2,1-2H3. The van der Waals surface area contributed by atoms with Gasteiger partial charge in [0.15, 0.2) is 0 Å². The predicted octanol–water partition coefficient (Wildman–Crippen LogP) is 3.50. The second-order valence-electron chi connectivity index (χ2n) is 4.49. The maximum Gasteiger partial charge on any atom is 0.127 e. The Hall–Kier alpha value is -1.91. The van der Waals surface area contributed by atoms with E-state index in [2.05, 4.69) is 5.32 Å². The molecule has 4 nitrogen and oxygen atoms in total. The molecule has 0 saturated carbocycles. The summed E-state index contributed by atoms with van der Waals surface area (Å²) < 4.78 is 10.6. The number of hydrogen-bond acceptors (Lipinski definition) is 4. The molecule has 21 heavy (non-hydrogen) atoms. The van der Waals surface area contributed by atoms with Crippen molar-refractivity contribution in [3.63, 3.8) is 0 Å². The Morgan fingerprint density at radius 3 is 2.38 bits per heavy atom. The van der Waals surface area contributed by atoms with E-state index in [0.29, 0.717) is 16.5 Å². The molecule has 5 heteroatoms. The minimum absolute atomic E-state index is 0.0642. The van der Waals surface area contributed by atoms with Gasteiger partial charge < -0.3 is 19.9 Å². The number of anilines is 1. The lowest BCUT2D eigenvalue weighted by Crippen LogP contribution is -2.15. The van der Waals surface area contributed by atoms with Gasteiger partial charge in [-0.05, 0) is 36.4 Å². The number of rotatable bonds is 6. The molecule has 0 aliphatic carbocycles. The summed E-state index contributed by atoms with van der Waals surface area (Å²) in [6, 6.07) is 12.5. The number of aliphatic hydroxyl groups is 1. The van der Waals surface area contributed by atoms with Gasteiger partial charge in [0, 0.05) is 22.3 Å². The van der Waals surface area contributed by atoms with Gasteiger partial charge in [-0.25, -0.2) is 0 Å². The van der Waals surface area contributed by atoms with Crippen LogP contribution in [0.3, 0.4) is 0 Å². The highest BCUT2D eigenvalue weighted by Gasteiger charge is 2.16. The van der Waals surface area contributed by atoms with Crippen LogP contribution in [0.4, 0.5) is 5.69 Å². The van der Waals surface area contributed by atoms with Crippen molar-refractivity contribution in [3.8, 4) is 11.5 Å². The molecule has 2 N–H and O–H groups in total. The molecule has 2 aromatic rings. The van der Waals surface area contributed by atoms with Crippen molar-refractivity contribution in [2.75, 3.05) is 26.1 Å². The lowest BCUT2D eigenvalue weighted by atomic mass is 10.1. The Bertz CT molecular complexity index is 587. The van der Waals surface area contributed by atoms with E-state index < -0.39 is 0 Å². The quantitative estimate of drug-likeness (QED) is 0.857. The summed E-state index contributed by atoms with van der Waals surface area (Å²) in [6.45, 7) is -0.0642. The number of aliphatic hydroxyl groups excluding tert-OH is 1. The molecule has 112 valence electrons. The third-order valence-corrected chi connectivity index (χ3v) is 3.44. The van der Waals surface area contributed by atoms with Crippen LogP contribution < -0.4 is 14.8 Å². The summed E-state index contributed by atoms with van der Waals surface area (Å²) in [5, 5.41) is 13.6. The maximum absolute atomic E-state index is 9.67. The van der Waals surface area contributed by atoms with Crippen molar-refractivity contribution >= 4 is 17.3 Å². The molecule has 0 amide bonds. The first-order chi connectivity index (χ1) is 10.2. The zero-order valence-corrected chi connectivity index (χ0v) is 12.7. The number of hydrogen-bond donors (Lipinski definition) is 2. The van der Waals surface area contributed by atoms with Crippen LogP contribution in [0.15, 0.2) is 42.5 Å². The van der Waals surface area contributed by atoms with Gasteiger partial charge in [-0.15, -0.1) is 0 Å². The third-order valence-electron chi connectivity index (χ3n) is 3.18. The average molecular weight is 308 g/mol. The van der Waals surface area contributed by atoms with E-state index in [1.165, 1.54) is 0 Å². The van der Waals surface area contributed by atoms with Gasteiger partial charge in [0.2, 0.25) is 0 Å². The molecular weight excluding hydrogens is 290 g/mol.